The minimum absolute atomic E-state index is 0.104. The van der Waals surface area contributed by atoms with Gasteiger partial charge in [-0.25, -0.2) is 4.68 Å². The first-order chi connectivity index (χ1) is 15.1. The Hall–Kier alpha value is -3.62. The van der Waals surface area contributed by atoms with Crippen LogP contribution in [0.1, 0.15) is 31.9 Å². The van der Waals surface area contributed by atoms with Crippen molar-refractivity contribution in [3.05, 3.63) is 54.4 Å². The van der Waals surface area contributed by atoms with Gasteiger partial charge in [-0.1, -0.05) is 26.0 Å². The third-order valence-electron chi connectivity index (χ3n) is 4.91. The first kappa shape index (κ1) is 20.6. The summed E-state index contributed by atoms with van der Waals surface area (Å²) in [6, 6.07) is 12.9. The molecular formula is C22H25N5O4. The molecule has 1 aliphatic heterocycles. The molecular weight excluding hydrogens is 398 g/mol. The molecule has 0 spiro atoms. The lowest BCUT2D eigenvalue weighted by Gasteiger charge is -2.24. The Labute approximate surface area is 180 Å². The highest BCUT2D eigenvalue weighted by atomic mass is 16.5. The molecule has 9 nitrogen and oxygen atoms in total. The molecule has 1 aliphatic rings. The van der Waals surface area contributed by atoms with Crippen molar-refractivity contribution < 1.29 is 19.0 Å². The molecule has 0 bridgehead atoms. The van der Waals surface area contributed by atoms with E-state index in [1.54, 1.807) is 12.1 Å². The third kappa shape index (κ3) is 5.11. The minimum atomic E-state index is -0.210. The van der Waals surface area contributed by atoms with Gasteiger partial charge in [0.2, 0.25) is 0 Å². The summed E-state index contributed by atoms with van der Waals surface area (Å²) in [6.07, 6.45) is 2.34. The SMILES string of the molecule is CC(C)C(NC(=O)COc1cccc(-n2cnnn2)c1)c1ccc2c(c1)OCCCO2. The second-order valence-electron chi connectivity index (χ2n) is 7.59. The van der Waals surface area contributed by atoms with Gasteiger partial charge in [0.1, 0.15) is 12.1 Å². The van der Waals surface area contributed by atoms with E-state index in [1.165, 1.54) is 11.0 Å². The van der Waals surface area contributed by atoms with E-state index in [-0.39, 0.29) is 24.5 Å². The molecule has 2 heterocycles. The van der Waals surface area contributed by atoms with Crippen LogP contribution in [-0.2, 0) is 4.79 Å². The van der Waals surface area contributed by atoms with Crippen LogP contribution in [0.5, 0.6) is 17.2 Å². The number of hydrogen-bond acceptors (Lipinski definition) is 7. The van der Waals surface area contributed by atoms with Crippen LogP contribution in [0.4, 0.5) is 0 Å². The second kappa shape index (κ2) is 9.46. The Bertz CT molecular complexity index is 1020. The molecule has 0 saturated heterocycles. The van der Waals surface area contributed by atoms with Crippen molar-refractivity contribution in [2.45, 2.75) is 26.3 Å². The summed E-state index contributed by atoms with van der Waals surface area (Å²) < 4.78 is 18.7. The predicted molar refractivity (Wildman–Crippen MR) is 112 cm³/mol. The van der Waals surface area contributed by atoms with Crippen molar-refractivity contribution in [3.63, 3.8) is 0 Å². The van der Waals surface area contributed by atoms with Gasteiger partial charge in [-0.05, 0) is 46.2 Å². The third-order valence-corrected chi connectivity index (χ3v) is 4.91. The number of amides is 1. The first-order valence-electron chi connectivity index (χ1n) is 10.3. The fourth-order valence-electron chi connectivity index (χ4n) is 3.37. The Morgan fingerprint density at radius 1 is 1.16 bits per heavy atom. The number of ether oxygens (including phenoxy) is 3. The zero-order valence-electron chi connectivity index (χ0n) is 17.5. The first-order valence-corrected chi connectivity index (χ1v) is 10.3. The van der Waals surface area contributed by atoms with Crippen LogP contribution in [0, 0.1) is 5.92 Å². The van der Waals surface area contributed by atoms with Gasteiger partial charge in [-0.3, -0.25) is 4.79 Å². The van der Waals surface area contributed by atoms with E-state index < -0.39 is 0 Å². The van der Waals surface area contributed by atoms with Crippen molar-refractivity contribution in [2.75, 3.05) is 19.8 Å². The molecule has 9 heteroatoms. The van der Waals surface area contributed by atoms with E-state index in [2.05, 4.69) is 34.7 Å². The number of benzene rings is 2. The number of fused-ring (bicyclic) bond motifs is 1. The molecule has 0 aliphatic carbocycles. The average molecular weight is 423 g/mol. The molecule has 0 saturated carbocycles. The Morgan fingerprint density at radius 2 is 2.00 bits per heavy atom. The van der Waals surface area contributed by atoms with Crippen molar-refractivity contribution in [3.8, 4) is 22.9 Å². The van der Waals surface area contributed by atoms with Crippen LogP contribution in [-0.4, -0.2) is 45.9 Å². The number of rotatable bonds is 7. The zero-order valence-corrected chi connectivity index (χ0v) is 17.5. The topological polar surface area (TPSA) is 100 Å². The maximum atomic E-state index is 12.6. The largest absolute Gasteiger partial charge is 0.490 e. The number of nitrogens with zero attached hydrogens (tertiary/aromatic N) is 4. The van der Waals surface area contributed by atoms with Crippen LogP contribution < -0.4 is 19.5 Å². The van der Waals surface area contributed by atoms with Crippen LogP contribution >= 0.6 is 0 Å². The summed E-state index contributed by atoms with van der Waals surface area (Å²) >= 11 is 0. The fourth-order valence-corrected chi connectivity index (χ4v) is 3.37. The van der Waals surface area contributed by atoms with E-state index in [0.717, 1.165) is 23.4 Å². The van der Waals surface area contributed by atoms with Gasteiger partial charge >= 0.3 is 0 Å². The number of carbonyl (C=O) groups is 1. The van der Waals surface area contributed by atoms with E-state index >= 15 is 0 Å². The van der Waals surface area contributed by atoms with E-state index in [1.807, 2.05) is 30.3 Å². The lowest BCUT2D eigenvalue weighted by molar-refractivity contribution is -0.124. The summed E-state index contributed by atoms with van der Waals surface area (Å²) in [5, 5.41) is 14.2. The summed E-state index contributed by atoms with van der Waals surface area (Å²) in [7, 11) is 0. The monoisotopic (exact) mass is 423 g/mol. The number of carbonyl (C=O) groups excluding carboxylic acids is 1. The maximum absolute atomic E-state index is 12.6. The Morgan fingerprint density at radius 3 is 2.77 bits per heavy atom. The number of nitrogens with one attached hydrogen (secondary N) is 1. The highest BCUT2D eigenvalue weighted by Gasteiger charge is 2.21. The molecule has 1 atom stereocenters. The molecule has 1 amide bonds. The molecule has 3 aromatic rings. The minimum Gasteiger partial charge on any atom is -0.490 e. The molecule has 2 aromatic carbocycles. The molecule has 4 rings (SSSR count). The predicted octanol–water partition coefficient (Wildman–Crippen LogP) is 2.72. The molecule has 162 valence electrons. The molecule has 0 fully saturated rings. The van der Waals surface area contributed by atoms with Gasteiger partial charge in [0.05, 0.1) is 24.9 Å². The lowest BCUT2D eigenvalue weighted by atomic mass is 9.95. The summed E-state index contributed by atoms with van der Waals surface area (Å²) in [5.41, 5.74) is 1.71. The van der Waals surface area contributed by atoms with Crippen molar-refractivity contribution in [1.82, 2.24) is 25.5 Å². The molecule has 1 aromatic heterocycles. The summed E-state index contributed by atoms with van der Waals surface area (Å²) in [6.45, 7) is 5.27. The highest BCUT2D eigenvalue weighted by Crippen LogP contribution is 2.34. The normalized spacial score (nSPS) is 14.0. The lowest BCUT2D eigenvalue weighted by Crippen LogP contribution is -2.35. The average Bonchev–Trinajstić information content (AvgIpc) is 3.22. The second-order valence-corrected chi connectivity index (χ2v) is 7.59. The van der Waals surface area contributed by atoms with Gasteiger partial charge in [0.25, 0.3) is 5.91 Å². The van der Waals surface area contributed by atoms with Crippen LogP contribution in [0.25, 0.3) is 5.69 Å². The number of tetrazole rings is 1. The highest BCUT2D eigenvalue weighted by molar-refractivity contribution is 5.78. The van der Waals surface area contributed by atoms with Gasteiger partial charge in [-0.2, -0.15) is 0 Å². The molecule has 0 radical (unpaired) electrons. The summed E-state index contributed by atoms with van der Waals surface area (Å²) in [5.74, 6) is 1.97. The summed E-state index contributed by atoms with van der Waals surface area (Å²) in [4.78, 5) is 12.6. The van der Waals surface area contributed by atoms with E-state index in [4.69, 9.17) is 14.2 Å². The Kier molecular flexibility index (Phi) is 6.30. The Balaban J connectivity index is 1.40. The fraction of sp³-hybridized carbons (Fsp3) is 0.364. The standard InChI is InChI=1S/C22H25N5O4/c1-15(2)22(16-7-8-19-20(11-16)30-10-4-9-29-19)24-21(28)13-31-18-6-3-5-17(12-18)27-14-23-25-26-27/h3,5-8,11-12,14-15,22H,4,9-10,13H2,1-2H3,(H,24,28). The molecule has 1 unspecified atom stereocenters. The van der Waals surface area contributed by atoms with Gasteiger partial charge in [0.15, 0.2) is 18.1 Å². The maximum Gasteiger partial charge on any atom is 0.258 e. The molecule has 1 N–H and O–H groups in total. The van der Waals surface area contributed by atoms with E-state index in [0.29, 0.717) is 24.7 Å². The van der Waals surface area contributed by atoms with Crippen molar-refractivity contribution in [1.29, 1.82) is 0 Å². The van der Waals surface area contributed by atoms with Crippen molar-refractivity contribution >= 4 is 5.91 Å². The van der Waals surface area contributed by atoms with E-state index in [9.17, 15) is 4.79 Å². The van der Waals surface area contributed by atoms with Crippen molar-refractivity contribution in [2.24, 2.45) is 5.92 Å². The zero-order chi connectivity index (χ0) is 21.6. The van der Waals surface area contributed by atoms with Gasteiger partial charge < -0.3 is 19.5 Å². The quantitative estimate of drug-likeness (QED) is 0.624. The van der Waals surface area contributed by atoms with Gasteiger partial charge in [-0.15, -0.1) is 5.10 Å². The van der Waals surface area contributed by atoms with Crippen LogP contribution in [0.2, 0.25) is 0 Å². The number of hydrogen-bond donors (Lipinski definition) is 1. The smallest absolute Gasteiger partial charge is 0.258 e. The number of aromatic nitrogens is 4. The van der Waals surface area contributed by atoms with Crippen LogP contribution in [0.15, 0.2) is 48.8 Å². The van der Waals surface area contributed by atoms with Gasteiger partial charge in [0, 0.05) is 12.5 Å². The molecule has 31 heavy (non-hydrogen) atoms. The van der Waals surface area contributed by atoms with Crippen LogP contribution in [0.3, 0.4) is 0 Å².